The number of ether oxygens (including phenoxy) is 1. The molecule has 0 aromatic heterocycles. The van der Waals surface area contributed by atoms with Gasteiger partial charge in [0.1, 0.15) is 23.2 Å². The number of rotatable bonds is 4. The van der Waals surface area contributed by atoms with E-state index in [0.29, 0.717) is 0 Å². The summed E-state index contributed by atoms with van der Waals surface area (Å²) in [5, 5.41) is 10.1. The van der Waals surface area contributed by atoms with Crippen LogP contribution in [-0.2, 0) is 6.42 Å². The molecule has 2 aromatic rings. The first-order chi connectivity index (χ1) is 9.95. The van der Waals surface area contributed by atoms with Crippen LogP contribution in [0.15, 0.2) is 34.8 Å². The summed E-state index contributed by atoms with van der Waals surface area (Å²) in [7, 11) is 1.32. The maximum absolute atomic E-state index is 13.9. The number of benzene rings is 2. The van der Waals surface area contributed by atoms with Crippen molar-refractivity contribution in [2.75, 3.05) is 7.11 Å². The van der Waals surface area contributed by atoms with Crippen LogP contribution in [0.4, 0.5) is 13.2 Å². The van der Waals surface area contributed by atoms with Crippen LogP contribution in [0.5, 0.6) is 5.75 Å². The molecule has 0 aliphatic carbocycles. The molecule has 21 heavy (non-hydrogen) atoms. The van der Waals surface area contributed by atoms with Gasteiger partial charge in [-0.05, 0) is 40.2 Å². The van der Waals surface area contributed by atoms with Crippen LogP contribution in [0, 0.1) is 17.5 Å². The molecule has 0 saturated carbocycles. The summed E-state index contributed by atoms with van der Waals surface area (Å²) in [5.74, 6) is -2.19. The zero-order chi connectivity index (χ0) is 15.6. The van der Waals surface area contributed by atoms with Crippen molar-refractivity contribution in [1.29, 1.82) is 0 Å². The monoisotopic (exact) mass is 360 g/mol. The summed E-state index contributed by atoms with van der Waals surface area (Å²) >= 11 is 2.95. The number of hydrogen-bond donors (Lipinski definition) is 1. The van der Waals surface area contributed by atoms with Gasteiger partial charge >= 0.3 is 0 Å². The highest BCUT2D eigenvalue weighted by Crippen LogP contribution is 2.32. The minimum absolute atomic E-state index is 0.0756. The molecule has 2 nitrogen and oxygen atoms in total. The lowest BCUT2D eigenvalue weighted by Gasteiger charge is -2.16. The summed E-state index contributed by atoms with van der Waals surface area (Å²) in [6.07, 6.45) is -1.84. The van der Waals surface area contributed by atoms with Gasteiger partial charge in [-0.2, -0.15) is 0 Å². The van der Waals surface area contributed by atoms with Crippen LogP contribution < -0.4 is 4.74 Å². The molecule has 0 aliphatic rings. The first-order valence-electron chi connectivity index (χ1n) is 6.08. The summed E-state index contributed by atoms with van der Waals surface area (Å²) in [4.78, 5) is 0. The topological polar surface area (TPSA) is 29.5 Å². The SMILES string of the molecule is COc1cccc(F)c1C(O)Cc1c(F)ccc(Br)c1F. The molecule has 1 unspecified atom stereocenters. The Labute approximate surface area is 128 Å². The third kappa shape index (κ3) is 3.22. The van der Waals surface area contributed by atoms with Gasteiger partial charge in [0.05, 0.1) is 23.2 Å². The molecule has 0 bridgehead atoms. The average Bonchev–Trinajstić information content (AvgIpc) is 2.47. The van der Waals surface area contributed by atoms with Crippen LogP contribution in [0.1, 0.15) is 17.2 Å². The van der Waals surface area contributed by atoms with Crippen LogP contribution in [-0.4, -0.2) is 12.2 Å². The molecule has 0 spiro atoms. The van der Waals surface area contributed by atoms with Gasteiger partial charge in [0.15, 0.2) is 0 Å². The van der Waals surface area contributed by atoms with E-state index in [4.69, 9.17) is 4.74 Å². The lowest BCUT2D eigenvalue weighted by atomic mass is 9.99. The summed E-state index contributed by atoms with van der Waals surface area (Å²) in [6.45, 7) is 0. The number of aliphatic hydroxyl groups is 1. The third-order valence-electron chi connectivity index (χ3n) is 3.10. The van der Waals surface area contributed by atoms with Crippen molar-refractivity contribution in [2.24, 2.45) is 0 Å². The molecule has 1 N–H and O–H groups in total. The van der Waals surface area contributed by atoms with Gasteiger partial charge in [0.2, 0.25) is 0 Å². The Morgan fingerprint density at radius 3 is 2.52 bits per heavy atom. The Kier molecular flexibility index (Phi) is 4.90. The number of methoxy groups -OCH3 is 1. The molecule has 0 aliphatic heterocycles. The molecule has 0 fully saturated rings. The minimum atomic E-state index is -1.43. The fraction of sp³-hybridized carbons (Fsp3) is 0.200. The molecule has 2 aromatic carbocycles. The maximum atomic E-state index is 13.9. The normalized spacial score (nSPS) is 12.3. The molecular formula is C15H12BrF3O2. The quantitative estimate of drug-likeness (QED) is 0.830. The molecule has 0 radical (unpaired) electrons. The third-order valence-corrected chi connectivity index (χ3v) is 3.71. The Hall–Kier alpha value is -1.53. The fourth-order valence-electron chi connectivity index (χ4n) is 2.07. The van der Waals surface area contributed by atoms with E-state index < -0.39 is 30.0 Å². The molecule has 6 heteroatoms. The molecular weight excluding hydrogens is 349 g/mol. The summed E-state index contributed by atoms with van der Waals surface area (Å²) in [6, 6.07) is 6.34. The van der Waals surface area contributed by atoms with E-state index in [1.807, 2.05) is 0 Å². The van der Waals surface area contributed by atoms with Gasteiger partial charge in [-0.15, -0.1) is 0 Å². The largest absolute Gasteiger partial charge is 0.496 e. The Morgan fingerprint density at radius 2 is 1.86 bits per heavy atom. The predicted molar refractivity (Wildman–Crippen MR) is 75.7 cm³/mol. The van der Waals surface area contributed by atoms with Crippen molar-refractivity contribution in [1.82, 2.24) is 0 Å². The van der Waals surface area contributed by atoms with E-state index in [1.54, 1.807) is 0 Å². The predicted octanol–water partition coefficient (Wildman–Crippen LogP) is 4.15. The molecule has 0 heterocycles. The van der Waals surface area contributed by atoms with Crippen LogP contribution in [0.3, 0.4) is 0 Å². The highest BCUT2D eigenvalue weighted by molar-refractivity contribution is 9.10. The minimum Gasteiger partial charge on any atom is -0.496 e. The van der Waals surface area contributed by atoms with Gasteiger partial charge in [-0.1, -0.05) is 6.07 Å². The van der Waals surface area contributed by atoms with Crippen molar-refractivity contribution in [3.8, 4) is 5.75 Å². The van der Waals surface area contributed by atoms with E-state index in [1.165, 1.54) is 25.3 Å². The molecule has 0 saturated heterocycles. The van der Waals surface area contributed by atoms with E-state index in [9.17, 15) is 18.3 Å². The molecule has 112 valence electrons. The van der Waals surface area contributed by atoms with E-state index in [2.05, 4.69) is 15.9 Å². The fourth-order valence-corrected chi connectivity index (χ4v) is 2.44. The highest BCUT2D eigenvalue weighted by Gasteiger charge is 2.22. The second-order valence-corrected chi connectivity index (χ2v) is 5.25. The van der Waals surface area contributed by atoms with Crippen molar-refractivity contribution in [3.63, 3.8) is 0 Å². The first kappa shape index (κ1) is 15.9. The standard InChI is InChI=1S/C15H12BrF3O2/c1-21-13-4-2-3-11(18)14(13)12(20)7-8-10(17)6-5-9(16)15(8)19/h2-6,12,20H,7H2,1H3. The van der Waals surface area contributed by atoms with Crippen molar-refractivity contribution in [2.45, 2.75) is 12.5 Å². The van der Waals surface area contributed by atoms with E-state index in [0.717, 1.165) is 12.1 Å². The maximum Gasteiger partial charge on any atom is 0.143 e. The van der Waals surface area contributed by atoms with Crippen LogP contribution in [0.25, 0.3) is 0 Å². The molecule has 1 atom stereocenters. The zero-order valence-corrected chi connectivity index (χ0v) is 12.6. The smallest absolute Gasteiger partial charge is 0.143 e. The van der Waals surface area contributed by atoms with E-state index >= 15 is 0 Å². The highest BCUT2D eigenvalue weighted by atomic mass is 79.9. The van der Waals surface area contributed by atoms with Crippen molar-refractivity contribution >= 4 is 15.9 Å². The van der Waals surface area contributed by atoms with E-state index in [-0.39, 0.29) is 21.3 Å². The first-order valence-corrected chi connectivity index (χ1v) is 6.87. The van der Waals surface area contributed by atoms with Crippen molar-refractivity contribution < 1.29 is 23.0 Å². The number of aliphatic hydroxyl groups excluding tert-OH is 1. The summed E-state index contributed by atoms with van der Waals surface area (Å²) < 4.78 is 46.5. The summed E-state index contributed by atoms with van der Waals surface area (Å²) in [5.41, 5.74) is -0.444. The van der Waals surface area contributed by atoms with Gasteiger partial charge in [0.25, 0.3) is 0 Å². The Balaban J connectivity index is 2.40. The molecule has 0 amide bonds. The average molecular weight is 361 g/mol. The van der Waals surface area contributed by atoms with Gasteiger partial charge in [-0.25, -0.2) is 13.2 Å². The Bertz CT molecular complexity index is 662. The van der Waals surface area contributed by atoms with Gasteiger partial charge in [-0.3, -0.25) is 0 Å². The lowest BCUT2D eigenvalue weighted by Crippen LogP contribution is -2.09. The van der Waals surface area contributed by atoms with Crippen molar-refractivity contribution in [3.05, 3.63) is 63.4 Å². The number of halogens is 4. The number of hydrogen-bond acceptors (Lipinski definition) is 2. The second kappa shape index (κ2) is 6.49. The van der Waals surface area contributed by atoms with Crippen LogP contribution in [0.2, 0.25) is 0 Å². The van der Waals surface area contributed by atoms with Gasteiger partial charge < -0.3 is 9.84 Å². The van der Waals surface area contributed by atoms with Gasteiger partial charge in [0, 0.05) is 12.0 Å². The molecule has 2 rings (SSSR count). The second-order valence-electron chi connectivity index (χ2n) is 4.40. The van der Waals surface area contributed by atoms with Crippen LogP contribution >= 0.6 is 15.9 Å². The zero-order valence-electron chi connectivity index (χ0n) is 11.0. The Morgan fingerprint density at radius 1 is 1.14 bits per heavy atom. The lowest BCUT2D eigenvalue weighted by molar-refractivity contribution is 0.166.